The zero-order valence-electron chi connectivity index (χ0n) is 28.0. The minimum absolute atomic E-state index is 0.0767. The number of aromatic nitrogens is 4. The van der Waals surface area contributed by atoms with Crippen LogP contribution < -0.4 is 5.32 Å². The van der Waals surface area contributed by atoms with Crippen molar-refractivity contribution < 1.29 is 28.5 Å². The predicted octanol–water partition coefficient (Wildman–Crippen LogP) is 6.37. The van der Waals surface area contributed by atoms with E-state index in [4.69, 9.17) is 18.9 Å². The standard InChI is InChI=1S/C39H36N6O6/c1-3-4-5-9-22-29(26-16-10-6-11-17-26)24-41-34-31-35(44-30(23-40)43-34)45(25-42-31)36-32(49-37(46)27-18-12-7-13-19-27)33(39(48-2)51-36)50-38(47)28-20-14-8-15-21-28/h3-21,25,29,32-33,36,39H,22,24H2,1-2H3,(H,41,43,44)/b4-3-,9-5-/t29?,32?,33?,36-,39+/m1/s1. The average molecular weight is 685 g/mol. The molecule has 3 aromatic carbocycles. The molecule has 5 aromatic rings. The maximum atomic E-state index is 13.4. The molecule has 3 unspecified atom stereocenters. The van der Waals surface area contributed by atoms with E-state index < -0.39 is 36.7 Å². The lowest BCUT2D eigenvalue weighted by Crippen LogP contribution is -2.40. The molecule has 12 heteroatoms. The Hall–Kier alpha value is -6.16. The van der Waals surface area contributed by atoms with Gasteiger partial charge in [-0.3, -0.25) is 4.57 Å². The molecular weight excluding hydrogens is 648 g/mol. The SMILES string of the molecule is C/C=C\C=C/CC(CNc1nc(C#N)nc2c1ncn2[C@@H]1O[C@H](OC)C(OC(=O)c2ccccc2)C1OC(=O)c1ccccc1)c1ccccc1. The fourth-order valence-corrected chi connectivity index (χ4v) is 5.79. The third kappa shape index (κ3) is 8.02. The Labute approximate surface area is 295 Å². The normalized spacial score (nSPS) is 19.2. The molecule has 6 rings (SSSR count). The van der Waals surface area contributed by atoms with E-state index in [0.29, 0.717) is 23.4 Å². The summed E-state index contributed by atoms with van der Waals surface area (Å²) in [4.78, 5) is 40.2. The van der Waals surface area contributed by atoms with E-state index in [0.717, 1.165) is 12.0 Å². The molecule has 1 saturated heterocycles. The number of esters is 2. The van der Waals surface area contributed by atoms with Gasteiger partial charge in [0.05, 0.1) is 17.5 Å². The van der Waals surface area contributed by atoms with Gasteiger partial charge in [-0.15, -0.1) is 0 Å². The molecule has 0 saturated carbocycles. The molecule has 5 atom stereocenters. The molecule has 1 fully saturated rings. The van der Waals surface area contributed by atoms with Gasteiger partial charge in [0.2, 0.25) is 12.1 Å². The van der Waals surface area contributed by atoms with Gasteiger partial charge >= 0.3 is 11.9 Å². The van der Waals surface area contributed by atoms with Crippen LogP contribution >= 0.6 is 0 Å². The highest BCUT2D eigenvalue weighted by atomic mass is 16.7. The molecule has 1 N–H and O–H groups in total. The number of anilines is 1. The second kappa shape index (κ2) is 16.5. The molecular formula is C39H36N6O6. The van der Waals surface area contributed by atoms with Crippen molar-refractivity contribution in [2.45, 2.75) is 44.0 Å². The first-order chi connectivity index (χ1) is 25.0. The van der Waals surface area contributed by atoms with Crippen LogP contribution in [0.2, 0.25) is 0 Å². The Morgan fingerprint density at radius 3 is 2.16 bits per heavy atom. The number of rotatable bonds is 13. The fourth-order valence-electron chi connectivity index (χ4n) is 5.79. The minimum atomic E-state index is -1.21. The Balaban J connectivity index is 1.35. The lowest BCUT2D eigenvalue weighted by molar-refractivity contribution is -0.161. The molecule has 0 radical (unpaired) electrons. The predicted molar refractivity (Wildman–Crippen MR) is 188 cm³/mol. The van der Waals surface area contributed by atoms with Crippen molar-refractivity contribution in [2.24, 2.45) is 0 Å². The van der Waals surface area contributed by atoms with Crippen LogP contribution in [0.3, 0.4) is 0 Å². The van der Waals surface area contributed by atoms with Crippen molar-refractivity contribution in [1.29, 1.82) is 5.26 Å². The van der Waals surface area contributed by atoms with E-state index in [1.165, 1.54) is 18.0 Å². The first-order valence-electron chi connectivity index (χ1n) is 16.4. The Kier molecular flexibility index (Phi) is 11.2. The molecule has 0 spiro atoms. The number of benzene rings is 3. The topological polar surface area (TPSA) is 150 Å². The third-order valence-electron chi connectivity index (χ3n) is 8.33. The molecule has 0 bridgehead atoms. The van der Waals surface area contributed by atoms with Gasteiger partial charge in [0, 0.05) is 19.6 Å². The van der Waals surface area contributed by atoms with Gasteiger partial charge in [0.25, 0.3) is 0 Å². The maximum absolute atomic E-state index is 13.4. The van der Waals surface area contributed by atoms with E-state index in [1.54, 1.807) is 60.7 Å². The highest BCUT2D eigenvalue weighted by Gasteiger charge is 2.52. The number of hydrogen-bond donors (Lipinski definition) is 1. The van der Waals surface area contributed by atoms with Gasteiger partial charge in [-0.1, -0.05) is 91.0 Å². The Morgan fingerprint density at radius 2 is 1.55 bits per heavy atom. The molecule has 0 aliphatic carbocycles. The number of nitrogens with zero attached hydrogens (tertiary/aromatic N) is 5. The van der Waals surface area contributed by atoms with Gasteiger partial charge in [-0.05, 0) is 43.2 Å². The van der Waals surface area contributed by atoms with Gasteiger partial charge < -0.3 is 24.3 Å². The molecule has 51 heavy (non-hydrogen) atoms. The van der Waals surface area contributed by atoms with E-state index in [1.807, 2.05) is 49.4 Å². The van der Waals surface area contributed by atoms with Crippen LogP contribution in [-0.2, 0) is 18.9 Å². The summed E-state index contributed by atoms with van der Waals surface area (Å²) in [6.07, 6.45) is 5.62. The van der Waals surface area contributed by atoms with Crippen LogP contribution in [0.4, 0.5) is 5.82 Å². The second-order valence-corrected chi connectivity index (χ2v) is 11.6. The van der Waals surface area contributed by atoms with E-state index in [-0.39, 0.29) is 23.0 Å². The van der Waals surface area contributed by atoms with Crippen molar-refractivity contribution in [3.8, 4) is 6.07 Å². The van der Waals surface area contributed by atoms with Crippen LogP contribution in [0.25, 0.3) is 11.2 Å². The number of ether oxygens (including phenoxy) is 4. The number of carbonyl (C=O) groups is 2. The summed E-state index contributed by atoms with van der Waals surface area (Å²) in [7, 11) is 1.40. The first kappa shape index (κ1) is 34.7. The van der Waals surface area contributed by atoms with Crippen molar-refractivity contribution in [3.05, 3.63) is 144 Å². The Morgan fingerprint density at radius 1 is 0.922 bits per heavy atom. The van der Waals surface area contributed by atoms with Crippen LogP contribution in [0.15, 0.2) is 122 Å². The summed E-state index contributed by atoms with van der Waals surface area (Å²) >= 11 is 0. The molecule has 0 amide bonds. The summed E-state index contributed by atoms with van der Waals surface area (Å²) in [6.45, 7) is 2.44. The number of allylic oxidation sites excluding steroid dienone is 4. The summed E-state index contributed by atoms with van der Waals surface area (Å²) in [5.74, 6) is -1.01. The number of carbonyl (C=O) groups excluding carboxylic acids is 2. The molecule has 258 valence electrons. The summed E-state index contributed by atoms with van der Waals surface area (Å²) in [6, 6.07) is 29.0. The van der Waals surface area contributed by atoms with Gasteiger partial charge in [-0.2, -0.15) is 15.2 Å². The highest BCUT2D eigenvalue weighted by molar-refractivity contribution is 5.90. The fraction of sp³-hybridized carbons (Fsp3) is 0.231. The summed E-state index contributed by atoms with van der Waals surface area (Å²) in [5, 5.41) is 13.3. The molecule has 1 aliphatic heterocycles. The number of fused-ring (bicyclic) bond motifs is 1. The maximum Gasteiger partial charge on any atom is 0.338 e. The lowest BCUT2D eigenvalue weighted by atomic mass is 9.95. The van der Waals surface area contributed by atoms with Crippen LogP contribution in [0.1, 0.15) is 57.6 Å². The average Bonchev–Trinajstić information content (AvgIpc) is 3.76. The smallest absolute Gasteiger partial charge is 0.338 e. The number of nitriles is 1. The van der Waals surface area contributed by atoms with Crippen molar-refractivity contribution in [2.75, 3.05) is 19.0 Å². The number of hydrogen-bond acceptors (Lipinski definition) is 11. The van der Waals surface area contributed by atoms with Crippen LogP contribution in [0, 0.1) is 11.3 Å². The zero-order valence-corrected chi connectivity index (χ0v) is 28.0. The summed E-state index contributed by atoms with van der Waals surface area (Å²) < 4.78 is 25.3. The minimum Gasteiger partial charge on any atom is -0.450 e. The Bertz CT molecular complexity index is 2040. The van der Waals surface area contributed by atoms with Gasteiger partial charge in [0.15, 0.2) is 35.4 Å². The van der Waals surface area contributed by atoms with Crippen molar-refractivity contribution in [3.63, 3.8) is 0 Å². The van der Waals surface area contributed by atoms with Gasteiger partial charge in [-0.25, -0.2) is 14.6 Å². The second-order valence-electron chi connectivity index (χ2n) is 11.6. The first-order valence-corrected chi connectivity index (χ1v) is 16.4. The van der Waals surface area contributed by atoms with E-state index in [9.17, 15) is 14.9 Å². The van der Waals surface area contributed by atoms with Crippen molar-refractivity contribution >= 4 is 28.9 Å². The van der Waals surface area contributed by atoms with E-state index in [2.05, 4.69) is 38.5 Å². The number of nitrogens with one attached hydrogen (secondary N) is 1. The highest BCUT2D eigenvalue weighted by Crippen LogP contribution is 2.37. The number of imidazole rings is 1. The van der Waals surface area contributed by atoms with Crippen molar-refractivity contribution in [1.82, 2.24) is 19.5 Å². The molecule has 2 aromatic heterocycles. The largest absolute Gasteiger partial charge is 0.450 e. The lowest BCUT2D eigenvalue weighted by Gasteiger charge is -2.24. The third-order valence-corrected chi connectivity index (χ3v) is 8.33. The number of methoxy groups -OCH3 is 1. The molecule has 12 nitrogen and oxygen atoms in total. The van der Waals surface area contributed by atoms with Crippen LogP contribution in [-0.4, -0.2) is 63.6 Å². The molecule has 3 heterocycles. The van der Waals surface area contributed by atoms with Gasteiger partial charge in [0.1, 0.15) is 6.07 Å². The van der Waals surface area contributed by atoms with Crippen LogP contribution in [0.5, 0.6) is 0 Å². The summed E-state index contributed by atoms with van der Waals surface area (Å²) in [5.41, 5.74) is 2.32. The monoisotopic (exact) mass is 684 g/mol. The zero-order chi connectivity index (χ0) is 35.6. The quantitative estimate of drug-likeness (QED) is 0.109. The van der Waals surface area contributed by atoms with E-state index >= 15 is 0 Å². The molecule has 1 aliphatic rings.